The van der Waals surface area contributed by atoms with E-state index >= 15 is 0 Å². The second-order valence-corrected chi connectivity index (χ2v) is 4.77. The Morgan fingerprint density at radius 3 is 2.39 bits per heavy atom. The second-order valence-electron chi connectivity index (χ2n) is 4.77. The van der Waals surface area contributed by atoms with E-state index in [-0.39, 0.29) is 36.2 Å². The van der Waals surface area contributed by atoms with Gasteiger partial charge in [0.15, 0.2) is 0 Å². The molecule has 0 aliphatic carbocycles. The highest BCUT2D eigenvalue weighted by atomic mass is 35.5. The first-order valence-electron chi connectivity index (χ1n) is 6.32. The maximum Gasteiger partial charge on any atom is 0.308 e. The fourth-order valence-electron chi connectivity index (χ4n) is 2.62. The summed E-state index contributed by atoms with van der Waals surface area (Å²) in [6.07, 6.45) is 3.47. The lowest BCUT2D eigenvalue weighted by atomic mass is 9.96. The van der Waals surface area contributed by atoms with Crippen LogP contribution in [-0.4, -0.2) is 49.6 Å². The van der Waals surface area contributed by atoms with Crippen LogP contribution in [0.15, 0.2) is 0 Å². The fourth-order valence-corrected chi connectivity index (χ4v) is 2.62. The molecule has 0 aromatic heterocycles. The smallest absolute Gasteiger partial charge is 0.308 e. The van der Waals surface area contributed by atoms with Crippen LogP contribution in [0.3, 0.4) is 0 Å². The highest BCUT2D eigenvalue weighted by Crippen LogP contribution is 2.20. The molecule has 1 amide bonds. The number of likely N-dealkylation sites (tertiary alicyclic amines) is 1. The van der Waals surface area contributed by atoms with Crippen molar-refractivity contribution in [3.05, 3.63) is 0 Å². The van der Waals surface area contributed by atoms with Gasteiger partial charge in [-0.05, 0) is 32.2 Å². The lowest BCUT2D eigenvalue weighted by molar-refractivity contribution is -0.149. The van der Waals surface area contributed by atoms with Crippen LogP contribution in [-0.2, 0) is 14.3 Å². The second kappa shape index (κ2) is 6.95. The lowest BCUT2D eigenvalue weighted by Crippen LogP contribution is -2.47. The fraction of sp³-hybridized carbons (Fsp3) is 0.833. The van der Waals surface area contributed by atoms with E-state index in [2.05, 4.69) is 5.32 Å². The van der Waals surface area contributed by atoms with Gasteiger partial charge in [-0.15, -0.1) is 12.4 Å². The third-order valence-corrected chi connectivity index (χ3v) is 3.70. The molecular formula is C12H21ClN2O3. The van der Waals surface area contributed by atoms with Gasteiger partial charge >= 0.3 is 5.97 Å². The van der Waals surface area contributed by atoms with Gasteiger partial charge in [0.1, 0.15) is 0 Å². The number of carbonyl (C=O) groups is 2. The monoisotopic (exact) mass is 276 g/mol. The Bertz CT molecular complexity index is 298. The predicted octanol–water partition coefficient (Wildman–Crippen LogP) is 0.572. The van der Waals surface area contributed by atoms with Crippen LogP contribution in [0.1, 0.15) is 25.7 Å². The van der Waals surface area contributed by atoms with Gasteiger partial charge < -0.3 is 15.0 Å². The van der Waals surface area contributed by atoms with E-state index in [1.165, 1.54) is 7.11 Å². The van der Waals surface area contributed by atoms with E-state index in [0.717, 1.165) is 32.2 Å². The summed E-state index contributed by atoms with van der Waals surface area (Å²) in [7, 11) is 1.42. The Labute approximate surface area is 114 Å². The number of halogens is 1. The molecule has 0 saturated carbocycles. The Hall–Kier alpha value is -0.810. The van der Waals surface area contributed by atoms with Crippen molar-refractivity contribution in [2.45, 2.75) is 31.7 Å². The van der Waals surface area contributed by atoms with E-state index in [1.54, 1.807) is 0 Å². The molecule has 2 rings (SSSR count). The van der Waals surface area contributed by atoms with Crippen molar-refractivity contribution in [1.82, 2.24) is 10.2 Å². The molecule has 6 heteroatoms. The van der Waals surface area contributed by atoms with Crippen molar-refractivity contribution < 1.29 is 14.3 Å². The molecule has 18 heavy (non-hydrogen) atoms. The summed E-state index contributed by atoms with van der Waals surface area (Å²) in [5.74, 6) is 0.0301. The van der Waals surface area contributed by atoms with Gasteiger partial charge in [0.05, 0.1) is 19.1 Å². The molecular weight excluding hydrogens is 256 g/mol. The zero-order valence-electron chi connectivity index (χ0n) is 10.7. The minimum atomic E-state index is -0.143. The van der Waals surface area contributed by atoms with E-state index in [0.29, 0.717) is 13.1 Å². The quantitative estimate of drug-likeness (QED) is 0.750. The van der Waals surface area contributed by atoms with Gasteiger partial charge in [-0.3, -0.25) is 9.59 Å². The molecule has 0 radical (unpaired) electrons. The molecule has 104 valence electrons. The number of hydrogen-bond acceptors (Lipinski definition) is 4. The maximum atomic E-state index is 12.1. The number of esters is 1. The number of rotatable bonds is 2. The minimum absolute atomic E-state index is 0. The molecule has 5 nitrogen and oxygen atoms in total. The Balaban J connectivity index is 0.00000162. The van der Waals surface area contributed by atoms with Crippen molar-refractivity contribution in [1.29, 1.82) is 0 Å². The summed E-state index contributed by atoms with van der Waals surface area (Å²) < 4.78 is 4.73. The van der Waals surface area contributed by atoms with E-state index in [4.69, 9.17) is 4.74 Å². The van der Waals surface area contributed by atoms with Gasteiger partial charge in [0.2, 0.25) is 5.91 Å². The molecule has 2 saturated heterocycles. The molecule has 0 bridgehead atoms. The van der Waals surface area contributed by atoms with Gasteiger partial charge in [-0.1, -0.05) is 0 Å². The van der Waals surface area contributed by atoms with Crippen molar-refractivity contribution in [2.24, 2.45) is 5.92 Å². The van der Waals surface area contributed by atoms with Crippen LogP contribution in [0, 0.1) is 5.92 Å². The van der Waals surface area contributed by atoms with Gasteiger partial charge in [0.25, 0.3) is 0 Å². The SMILES string of the molecule is COC(=O)C1CCN(C(=O)[C@@H]2CCCN2)CC1.Cl. The summed E-state index contributed by atoms with van der Waals surface area (Å²) in [6, 6.07) is 0.00433. The van der Waals surface area contributed by atoms with Crippen molar-refractivity contribution in [2.75, 3.05) is 26.7 Å². The zero-order valence-corrected chi connectivity index (χ0v) is 11.5. The Morgan fingerprint density at radius 2 is 1.89 bits per heavy atom. The number of nitrogens with zero attached hydrogens (tertiary/aromatic N) is 1. The average Bonchev–Trinajstić information content (AvgIpc) is 2.91. The molecule has 2 fully saturated rings. The number of nitrogens with one attached hydrogen (secondary N) is 1. The standard InChI is InChI=1S/C12H20N2O3.ClH/c1-17-12(16)9-4-7-14(8-5-9)11(15)10-3-2-6-13-10;/h9-10,13H,2-8H2,1H3;1H/t10-;/m0./s1. The predicted molar refractivity (Wildman–Crippen MR) is 69.6 cm³/mol. The van der Waals surface area contributed by atoms with Crippen LogP contribution in [0.2, 0.25) is 0 Å². The van der Waals surface area contributed by atoms with Crippen LogP contribution in [0.5, 0.6) is 0 Å². The van der Waals surface area contributed by atoms with E-state index in [9.17, 15) is 9.59 Å². The van der Waals surface area contributed by atoms with Crippen LogP contribution in [0.25, 0.3) is 0 Å². The summed E-state index contributed by atoms with van der Waals surface area (Å²) in [5, 5.41) is 3.22. The number of piperidine rings is 1. The minimum Gasteiger partial charge on any atom is -0.469 e. The van der Waals surface area contributed by atoms with Gasteiger partial charge in [-0.2, -0.15) is 0 Å². The molecule has 0 spiro atoms. The molecule has 1 atom stereocenters. The highest BCUT2D eigenvalue weighted by molar-refractivity contribution is 5.85. The normalized spacial score (nSPS) is 24.5. The molecule has 2 aliphatic rings. The number of hydrogen-bond donors (Lipinski definition) is 1. The van der Waals surface area contributed by atoms with Crippen LogP contribution < -0.4 is 5.32 Å². The van der Waals surface area contributed by atoms with Crippen molar-refractivity contribution >= 4 is 24.3 Å². The molecule has 1 N–H and O–H groups in total. The zero-order chi connectivity index (χ0) is 12.3. The first-order valence-corrected chi connectivity index (χ1v) is 6.32. The van der Waals surface area contributed by atoms with E-state index in [1.807, 2.05) is 4.90 Å². The number of ether oxygens (including phenoxy) is 1. The Kier molecular flexibility index (Phi) is 5.88. The summed E-state index contributed by atoms with van der Waals surface area (Å²) >= 11 is 0. The summed E-state index contributed by atoms with van der Waals surface area (Å²) in [6.45, 7) is 2.29. The van der Waals surface area contributed by atoms with Crippen LogP contribution in [0.4, 0.5) is 0 Å². The van der Waals surface area contributed by atoms with Crippen molar-refractivity contribution in [3.8, 4) is 0 Å². The first kappa shape index (κ1) is 15.2. The number of carbonyl (C=O) groups excluding carboxylic acids is 2. The molecule has 0 aromatic rings. The van der Waals surface area contributed by atoms with E-state index < -0.39 is 0 Å². The van der Waals surface area contributed by atoms with Crippen LogP contribution >= 0.6 is 12.4 Å². The molecule has 2 aliphatic heterocycles. The highest BCUT2D eigenvalue weighted by Gasteiger charge is 2.32. The molecule has 2 heterocycles. The third-order valence-electron chi connectivity index (χ3n) is 3.70. The Morgan fingerprint density at radius 1 is 1.22 bits per heavy atom. The average molecular weight is 277 g/mol. The summed E-state index contributed by atoms with van der Waals surface area (Å²) in [5.41, 5.74) is 0. The number of methoxy groups -OCH3 is 1. The third kappa shape index (κ3) is 3.36. The maximum absolute atomic E-state index is 12.1. The lowest BCUT2D eigenvalue weighted by Gasteiger charge is -2.32. The topological polar surface area (TPSA) is 58.6 Å². The largest absolute Gasteiger partial charge is 0.469 e. The number of amides is 1. The van der Waals surface area contributed by atoms with Crippen molar-refractivity contribution in [3.63, 3.8) is 0 Å². The molecule has 0 unspecified atom stereocenters. The first-order chi connectivity index (χ1) is 8.22. The van der Waals surface area contributed by atoms with Gasteiger partial charge in [-0.25, -0.2) is 0 Å². The summed E-state index contributed by atoms with van der Waals surface area (Å²) in [4.78, 5) is 25.3. The molecule has 0 aromatic carbocycles. The van der Waals surface area contributed by atoms with Gasteiger partial charge in [0, 0.05) is 13.1 Å².